The van der Waals surface area contributed by atoms with Crippen LogP contribution in [-0.2, 0) is 10.0 Å². The van der Waals surface area contributed by atoms with Gasteiger partial charge in [-0.2, -0.15) is 5.10 Å². The molecule has 0 aliphatic heterocycles. The second-order valence-corrected chi connectivity index (χ2v) is 5.59. The molecule has 0 amide bonds. The van der Waals surface area contributed by atoms with Gasteiger partial charge in [-0.15, -0.1) is 0 Å². The number of aryl methyl sites for hydroxylation is 1. The van der Waals surface area contributed by atoms with Gasteiger partial charge in [-0.1, -0.05) is 17.7 Å². The van der Waals surface area contributed by atoms with E-state index in [1.807, 2.05) is 0 Å². The molecule has 1 aromatic heterocycles. The first-order chi connectivity index (χ1) is 8.42. The lowest BCUT2D eigenvalue weighted by molar-refractivity contribution is 0.570. The fraction of sp³-hybridized carbons (Fsp3) is 0.100. The molecule has 1 heterocycles. The van der Waals surface area contributed by atoms with Crippen molar-refractivity contribution in [2.75, 3.05) is 4.72 Å². The Kier molecular flexibility index (Phi) is 3.27. The van der Waals surface area contributed by atoms with Gasteiger partial charge in [0.2, 0.25) is 0 Å². The topological polar surface area (TPSA) is 74.8 Å². The lowest BCUT2D eigenvalue weighted by atomic mass is 10.3. The zero-order valence-corrected chi connectivity index (χ0v) is 10.8. The Hall–Kier alpha value is -1.60. The van der Waals surface area contributed by atoms with Crippen LogP contribution in [0.5, 0.6) is 0 Å². The molecule has 96 valence electrons. The van der Waals surface area contributed by atoms with E-state index in [2.05, 4.69) is 14.9 Å². The summed E-state index contributed by atoms with van der Waals surface area (Å²) < 4.78 is 39.8. The Morgan fingerprint density at radius 2 is 2.17 bits per heavy atom. The molecule has 0 bridgehead atoms. The highest BCUT2D eigenvalue weighted by atomic mass is 35.5. The monoisotopic (exact) mass is 289 g/mol. The molecule has 0 saturated heterocycles. The molecule has 18 heavy (non-hydrogen) atoms. The van der Waals surface area contributed by atoms with Gasteiger partial charge in [0.1, 0.15) is 10.7 Å². The van der Waals surface area contributed by atoms with Crippen LogP contribution in [0.2, 0.25) is 5.02 Å². The molecule has 5 nitrogen and oxygen atoms in total. The molecular formula is C10H9ClFN3O2S. The Balaban J connectivity index is 2.47. The number of nitrogens with one attached hydrogen (secondary N) is 2. The van der Waals surface area contributed by atoms with E-state index in [1.54, 1.807) is 6.92 Å². The van der Waals surface area contributed by atoms with Crippen LogP contribution in [-0.4, -0.2) is 18.6 Å². The number of anilines is 1. The van der Waals surface area contributed by atoms with E-state index in [0.717, 1.165) is 6.07 Å². The molecule has 0 spiro atoms. The van der Waals surface area contributed by atoms with E-state index in [0.29, 0.717) is 5.69 Å². The summed E-state index contributed by atoms with van der Waals surface area (Å²) in [5.74, 6) is -0.906. The minimum absolute atomic E-state index is 0.177. The Morgan fingerprint density at radius 3 is 2.72 bits per heavy atom. The minimum Gasteiger partial charge on any atom is -0.281 e. The van der Waals surface area contributed by atoms with E-state index < -0.39 is 20.7 Å². The van der Waals surface area contributed by atoms with Crippen molar-refractivity contribution in [1.29, 1.82) is 0 Å². The number of H-pyrrole nitrogens is 1. The highest BCUT2D eigenvalue weighted by molar-refractivity contribution is 7.92. The molecule has 8 heteroatoms. The van der Waals surface area contributed by atoms with Gasteiger partial charge in [0, 0.05) is 0 Å². The van der Waals surface area contributed by atoms with Crippen molar-refractivity contribution < 1.29 is 12.8 Å². The second kappa shape index (κ2) is 4.58. The van der Waals surface area contributed by atoms with Gasteiger partial charge < -0.3 is 0 Å². The Bertz CT molecular complexity index is 664. The number of rotatable bonds is 3. The average Bonchev–Trinajstić information content (AvgIpc) is 2.63. The van der Waals surface area contributed by atoms with Crippen molar-refractivity contribution >= 4 is 27.3 Å². The smallest absolute Gasteiger partial charge is 0.266 e. The van der Waals surface area contributed by atoms with Crippen LogP contribution >= 0.6 is 11.6 Å². The van der Waals surface area contributed by atoms with Crippen molar-refractivity contribution in [2.45, 2.75) is 11.8 Å². The standard InChI is InChI=1S/C10H9ClFN3O2S/c1-6-9(5-13-14-6)15-18(16,17)10-7(11)3-2-4-8(10)12/h2-5,15H,1H3,(H,13,14). The molecule has 0 fully saturated rings. The Labute approximate surface area is 108 Å². The largest absolute Gasteiger partial charge is 0.281 e. The number of hydrogen-bond donors (Lipinski definition) is 2. The molecule has 0 unspecified atom stereocenters. The van der Waals surface area contributed by atoms with Gasteiger partial charge in [-0.25, -0.2) is 12.8 Å². The molecule has 2 N–H and O–H groups in total. The Morgan fingerprint density at radius 1 is 1.44 bits per heavy atom. The quantitative estimate of drug-likeness (QED) is 0.910. The molecule has 0 radical (unpaired) electrons. The maximum atomic E-state index is 13.5. The van der Waals surface area contributed by atoms with Crippen molar-refractivity contribution in [3.63, 3.8) is 0 Å². The zero-order chi connectivity index (χ0) is 13.3. The van der Waals surface area contributed by atoms with Crippen LogP contribution in [0.1, 0.15) is 5.69 Å². The molecular weight excluding hydrogens is 281 g/mol. The number of hydrogen-bond acceptors (Lipinski definition) is 3. The summed E-state index contributed by atoms with van der Waals surface area (Å²) in [7, 11) is -4.08. The predicted molar refractivity (Wildman–Crippen MR) is 65.5 cm³/mol. The van der Waals surface area contributed by atoms with Crippen LogP contribution in [0.3, 0.4) is 0 Å². The molecule has 0 atom stereocenters. The molecule has 2 rings (SSSR count). The summed E-state index contributed by atoms with van der Waals surface area (Å²) in [5.41, 5.74) is 0.764. The summed E-state index contributed by atoms with van der Waals surface area (Å²) in [4.78, 5) is -0.577. The fourth-order valence-corrected chi connectivity index (χ4v) is 3.10. The van der Waals surface area contributed by atoms with Crippen LogP contribution in [0, 0.1) is 12.7 Å². The van der Waals surface area contributed by atoms with Gasteiger partial charge in [-0.05, 0) is 19.1 Å². The molecule has 1 aromatic carbocycles. The van der Waals surface area contributed by atoms with Crippen LogP contribution < -0.4 is 4.72 Å². The highest BCUT2D eigenvalue weighted by Gasteiger charge is 2.23. The predicted octanol–water partition coefficient (Wildman–Crippen LogP) is 2.31. The van der Waals surface area contributed by atoms with E-state index in [-0.39, 0.29) is 10.7 Å². The van der Waals surface area contributed by atoms with Gasteiger partial charge >= 0.3 is 0 Å². The van der Waals surface area contributed by atoms with Gasteiger partial charge in [0.25, 0.3) is 10.0 Å². The lowest BCUT2D eigenvalue weighted by Crippen LogP contribution is -2.15. The number of aromatic amines is 1. The van der Waals surface area contributed by atoms with Crippen molar-refractivity contribution in [3.05, 3.63) is 40.9 Å². The first-order valence-corrected chi connectivity index (χ1v) is 6.75. The second-order valence-electron chi connectivity index (χ2n) is 3.56. The lowest BCUT2D eigenvalue weighted by Gasteiger charge is -2.09. The molecule has 2 aromatic rings. The summed E-state index contributed by atoms with van der Waals surface area (Å²) in [5, 5.41) is 6.06. The SMILES string of the molecule is Cc1[nH]ncc1NS(=O)(=O)c1c(F)cccc1Cl. The maximum absolute atomic E-state index is 13.5. The first-order valence-electron chi connectivity index (χ1n) is 4.88. The third-order valence-corrected chi connectivity index (χ3v) is 4.13. The maximum Gasteiger partial charge on any atom is 0.266 e. The van der Waals surface area contributed by atoms with Crippen molar-refractivity contribution in [1.82, 2.24) is 10.2 Å². The third kappa shape index (κ3) is 2.32. The van der Waals surface area contributed by atoms with Crippen LogP contribution in [0.25, 0.3) is 0 Å². The summed E-state index contributed by atoms with van der Waals surface area (Å²) in [6, 6.07) is 3.67. The van der Waals surface area contributed by atoms with Crippen LogP contribution in [0.4, 0.5) is 10.1 Å². The molecule has 0 aliphatic rings. The van der Waals surface area contributed by atoms with Gasteiger partial charge in [0.15, 0.2) is 0 Å². The summed E-state index contributed by atoms with van der Waals surface area (Å²) >= 11 is 5.71. The number of benzene rings is 1. The normalized spacial score (nSPS) is 11.5. The zero-order valence-electron chi connectivity index (χ0n) is 9.24. The van der Waals surface area contributed by atoms with Crippen LogP contribution in [0.15, 0.2) is 29.3 Å². The van der Waals surface area contributed by atoms with Gasteiger partial charge in [-0.3, -0.25) is 9.82 Å². The summed E-state index contributed by atoms with van der Waals surface area (Å²) in [6.45, 7) is 1.63. The molecule has 0 aliphatic carbocycles. The minimum atomic E-state index is -4.08. The number of sulfonamides is 1. The van der Waals surface area contributed by atoms with Crippen molar-refractivity contribution in [2.24, 2.45) is 0 Å². The highest BCUT2D eigenvalue weighted by Crippen LogP contribution is 2.26. The number of aromatic nitrogens is 2. The number of nitrogens with zero attached hydrogens (tertiary/aromatic N) is 1. The average molecular weight is 290 g/mol. The fourth-order valence-electron chi connectivity index (χ4n) is 1.39. The van der Waals surface area contributed by atoms with E-state index in [1.165, 1.54) is 18.3 Å². The van der Waals surface area contributed by atoms with E-state index in [4.69, 9.17) is 11.6 Å². The molecule has 0 saturated carbocycles. The third-order valence-electron chi connectivity index (χ3n) is 2.26. The van der Waals surface area contributed by atoms with E-state index in [9.17, 15) is 12.8 Å². The number of halogens is 2. The van der Waals surface area contributed by atoms with E-state index >= 15 is 0 Å². The summed E-state index contributed by atoms with van der Waals surface area (Å²) in [6.07, 6.45) is 1.29. The van der Waals surface area contributed by atoms with Crippen molar-refractivity contribution in [3.8, 4) is 0 Å². The first kappa shape index (κ1) is 12.8. The van der Waals surface area contributed by atoms with Gasteiger partial charge in [0.05, 0.1) is 22.6 Å².